The summed E-state index contributed by atoms with van der Waals surface area (Å²) in [5, 5.41) is 9.29. The molecule has 5 nitrogen and oxygen atoms in total. The smallest absolute Gasteiger partial charge is 0.329 e. The van der Waals surface area contributed by atoms with Crippen LogP contribution in [0.5, 0.6) is 0 Å². The Kier molecular flexibility index (Phi) is 4.21. The maximum atomic E-state index is 10.4. The molecule has 0 rings (SSSR count). The average Bonchev–Trinajstić information content (AvgIpc) is 1.99. The molecule has 0 unspecified atom stereocenters. The third-order valence-corrected chi connectivity index (χ3v) is 1.29. The van der Waals surface area contributed by atoms with Crippen molar-refractivity contribution in [1.82, 2.24) is 5.06 Å². The van der Waals surface area contributed by atoms with Gasteiger partial charge in [0.15, 0.2) is 6.04 Å². The first kappa shape index (κ1) is 9.90. The van der Waals surface area contributed by atoms with Gasteiger partial charge in [0.2, 0.25) is 6.41 Å². The monoisotopic (exact) mass is 161 g/mol. The van der Waals surface area contributed by atoms with E-state index in [2.05, 4.69) is 4.84 Å². The summed E-state index contributed by atoms with van der Waals surface area (Å²) in [6.45, 7) is 1.66. The van der Waals surface area contributed by atoms with Crippen LogP contribution < -0.4 is 0 Å². The minimum atomic E-state index is -1.07. The Bertz CT molecular complexity index is 148. The molecule has 0 aromatic carbocycles. The zero-order valence-electron chi connectivity index (χ0n) is 6.48. The fraction of sp³-hybridized carbons (Fsp3) is 0.667. The van der Waals surface area contributed by atoms with Crippen molar-refractivity contribution in [2.24, 2.45) is 0 Å². The van der Waals surface area contributed by atoms with Crippen LogP contribution in [0.15, 0.2) is 0 Å². The van der Waals surface area contributed by atoms with Crippen molar-refractivity contribution in [3.63, 3.8) is 0 Å². The molecule has 5 heteroatoms. The normalized spacial score (nSPS) is 12.2. The van der Waals surface area contributed by atoms with Gasteiger partial charge in [0.05, 0.1) is 7.11 Å². The summed E-state index contributed by atoms with van der Waals surface area (Å²) < 4.78 is 0. The molecule has 0 spiro atoms. The Labute approximate surface area is 64.5 Å². The first-order valence-corrected chi connectivity index (χ1v) is 3.17. The molecule has 0 saturated carbocycles. The van der Waals surface area contributed by atoms with Gasteiger partial charge >= 0.3 is 5.97 Å². The van der Waals surface area contributed by atoms with Crippen molar-refractivity contribution in [3.8, 4) is 0 Å². The molecule has 1 atom stereocenters. The highest BCUT2D eigenvalue weighted by atomic mass is 16.7. The van der Waals surface area contributed by atoms with E-state index in [-0.39, 0.29) is 0 Å². The summed E-state index contributed by atoms with van der Waals surface area (Å²) in [5.41, 5.74) is 0. The van der Waals surface area contributed by atoms with Gasteiger partial charge in [-0.2, -0.15) is 0 Å². The van der Waals surface area contributed by atoms with E-state index in [0.29, 0.717) is 12.8 Å². The lowest BCUT2D eigenvalue weighted by atomic mass is 10.2. The minimum Gasteiger partial charge on any atom is -0.480 e. The molecular weight excluding hydrogens is 150 g/mol. The maximum absolute atomic E-state index is 10.4. The van der Waals surface area contributed by atoms with Crippen LogP contribution in [0.4, 0.5) is 0 Å². The lowest BCUT2D eigenvalue weighted by Gasteiger charge is -2.20. The van der Waals surface area contributed by atoms with Crippen molar-refractivity contribution < 1.29 is 19.5 Å². The van der Waals surface area contributed by atoms with Crippen LogP contribution in [0.3, 0.4) is 0 Å². The lowest BCUT2D eigenvalue weighted by molar-refractivity contribution is -0.185. The van der Waals surface area contributed by atoms with E-state index in [1.807, 2.05) is 0 Å². The summed E-state index contributed by atoms with van der Waals surface area (Å²) in [7, 11) is 1.25. The molecule has 0 aliphatic carbocycles. The molecule has 0 aromatic heterocycles. The van der Waals surface area contributed by atoms with E-state index in [1.54, 1.807) is 6.92 Å². The molecule has 64 valence electrons. The van der Waals surface area contributed by atoms with Crippen LogP contribution >= 0.6 is 0 Å². The van der Waals surface area contributed by atoms with Gasteiger partial charge in [-0.1, -0.05) is 6.92 Å². The van der Waals surface area contributed by atoms with E-state index in [1.165, 1.54) is 7.11 Å². The Morgan fingerprint density at radius 2 is 2.36 bits per heavy atom. The summed E-state index contributed by atoms with van der Waals surface area (Å²) in [6.07, 6.45) is 0.671. The van der Waals surface area contributed by atoms with Gasteiger partial charge in [0.1, 0.15) is 0 Å². The molecule has 0 aromatic rings. The van der Waals surface area contributed by atoms with E-state index in [9.17, 15) is 9.59 Å². The Balaban J connectivity index is 4.20. The number of carbonyl (C=O) groups is 2. The number of carbonyl (C=O) groups excluding carboxylic acids is 1. The van der Waals surface area contributed by atoms with Crippen molar-refractivity contribution in [1.29, 1.82) is 0 Å². The highest BCUT2D eigenvalue weighted by molar-refractivity contribution is 5.75. The number of hydrogen-bond acceptors (Lipinski definition) is 3. The zero-order valence-corrected chi connectivity index (χ0v) is 6.48. The van der Waals surface area contributed by atoms with Crippen LogP contribution in [0, 0.1) is 0 Å². The summed E-state index contributed by atoms with van der Waals surface area (Å²) >= 11 is 0. The maximum Gasteiger partial charge on any atom is 0.329 e. The van der Waals surface area contributed by atoms with Gasteiger partial charge in [-0.3, -0.25) is 9.63 Å². The summed E-state index contributed by atoms with van der Waals surface area (Å²) in [4.78, 5) is 25.1. The van der Waals surface area contributed by atoms with E-state index >= 15 is 0 Å². The highest BCUT2D eigenvalue weighted by Crippen LogP contribution is 2.01. The van der Waals surface area contributed by atoms with Crippen molar-refractivity contribution in [2.75, 3.05) is 7.11 Å². The standard InChI is InChI=1S/C6H11NO4/c1-3-5(6(9)10)7(4-8)11-2/h4-5H,3H2,1-2H3,(H,9,10)/t5-/m0/s1. The molecule has 0 aliphatic rings. The molecular formula is C6H11NO4. The molecule has 0 saturated heterocycles. The molecule has 0 heterocycles. The first-order valence-electron chi connectivity index (χ1n) is 3.17. The number of nitrogens with zero attached hydrogens (tertiary/aromatic N) is 1. The Morgan fingerprint density at radius 3 is 2.45 bits per heavy atom. The van der Waals surface area contributed by atoms with Gasteiger partial charge < -0.3 is 5.11 Å². The molecule has 0 bridgehead atoms. The number of carboxylic acids is 1. The van der Waals surface area contributed by atoms with Crippen LogP contribution in [0.25, 0.3) is 0 Å². The Morgan fingerprint density at radius 1 is 1.82 bits per heavy atom. The van der Waals surface area contributed by atoms with Crippen LogP contribution in [0.2, 0.25) is 0 Å². The van der Waals surface area contributed by atoms with Crippen LogP contribution in [0.1, 0.15) is 13.3 Å². The van der Waals surface area contributed by atoms with Gasteiger partial charge in [-0.25, -0.2) is 9.86 Å². The number of carboxylic acid groups (broad SMARTS) is 1. The number of rotatable bonds is 5. The van der Waals surface area contributed by atoms with Crippen LogP contribution in [-0.4, -0.2) is 35.7 Å². The molecule has 0 radical (unpaired) electrons. The molecule has 0 aliphatic heterocycles. The largest absolute Gasteiger partial charge is 0.480 e. The predicted octanol–water partition coefficient (Wildman–Crippen LogP) is -0.131. The van der Waals surface area contributed by atoms with Crippen molar-refractivity contribution in [2.45, 2.75) is 19.4 Å². The number of aliphatic carboxylic acids is 1. The van der Waals surface area contributed by atoms with Gasteiger partial charge in [0, 0.05) is 0 Å². The second kappa shape index (κ2) is 4.68. The predicted molar refractivity (Wildman–Crippen MR) is 36.6 cm³/mol. The first-order chi connectivity index (χ1) is 5.17. The second-order valence-electron chi connectivity index (χ2n) is 1.91. The minimum absolute atomic E-state index is 0.321. The van der Waals surface area contributed by atoms with E-state index in [0.717, 1.165) is 5.06 Å². The SMILES string of the molecule is CC[C@@H](C(=O)O)N(C=O)OC. The van der Waals surface area contributed by atoms with Gasteiger partial charge in [-0.15, -0.1) is 0 Å². The third kappa shape index (κ3) is 2.55. The zero-order chi connectivity index (χ0) is 8.85. The quantitative estimate of drug-likeness (QED) is 0.450. The van der Waals surface area contributed by atoms with Crippen molar-refractivity contribution in [3.05, 3.63) is 0 Å². The highest BCUT2D eigenvalue weighted by Gasteiger charge is 2.22. The van der Waals surface area contributed by atoms with Gasteiger partial charge in [-0.05, 0) is 6.42 Å². The summed E-state index contributed by atoms with van der Waals surface area (Å²) in [5.74, 6) is -1.07. The second-order valence-corrected chi connectivity index (χ2v) is 1.91. The molecule has 1 amide bonds. The molecule has 1 N–H and O–H groups in total. The van der Waals surface area contributed by atoms with Gasteiger partial charge in [0.25, 0.3) is 0 Å². The van der Waals surface area contributed by atoms with E-state index < -0.39 is 12.0 Å². The lowest BCUT2D eigenvalue weighted by Crippen LogP contribution is -2.38. The van der Waals surface area contributed by atoms with Crippen LogP contribution in [-0.2, 0) is 14.4 Å². The number of hydroxylamine groups is 2. The molecule has 11 heavy (non-hydrogen) atoms. The van der Waals surface area contributed by atoms with Crippen molar-refractivity contribution >= 4 is 12.4 Å². The Hall–Kier alpha value is -1.10. The fourth-order valence-corrected chi connectivity index (χ4v) is 0.707. The topological polar surface area (TPSA) is 66.8 Å². The van der Waals surface area contributed by atoms with E-state index in [4.69, 9.17) is 5.11 Å². The number of amides is 1. The molecule has 0 fully saturated rings. The third-order valence-electron chi connectivity index (χ3n) is 1.29. The fourth-order valence-electron chi connectivity index (χ4n) is 0.707. The average molecular weight is 161 g/mol. The summed E-state index contributed by atoms with van der Waals surface area (Å²) in [6, 6.07) is -0.891. The number of hydrogen-bond donors (Lipinski definition) is 1.